The Bertz CT molecular complexity index is 402. The van der Waals surface area contributed by atoms with E-state index >= 15 is 0 Å². The fourth-order valence-corrected chi connectivity index (χ4v) is 2.94. The van der Waals surface area contributed by atoms with E-state index in [2.05, 4.69) is 46.2 Å². The Balaban J connectivity index is 0.00000242. The lowest BCUT2D eigenvalue weighted by Crippen LogP contribution is -2.34. The Morgan fingerprint density at radius 1 is 1.32 bits per heavy atom. The average Bonchev–Trinajstić information content (AvgIpc) is 2.54. The fourth-order valence-electron chi connectivity index (χ4n) is 2.94. The molecular formula is C17H31ClN4. The third-order valence-corrected chi connectivity index (χ3v) is 4.59. The first kappa shape index (κ1) is 19.2. The lowest BCUT2D eigenvalue weighted by Gasteiger charge is -2.32. The minimum Gasteiger partial charge on any atom is -0.360 e. The predicted molar refractivity (Wildman–Crippen MR) is 97.0 cm³/mol. The zero-order valence-corrected chi connectivity index (χ0v) is 15.0. The maximum absolute atomic E-state index is 4.56. The molecule has 1 aliphatic heterocycles. The number of nitrogens with zero attached hydrogens (tertiary/aromatic N) is 3. The first-order valence-corrected chi connectivity index (χ1v) is 8.26. The molecule has 5 heteroatoms. The van der Waals surface area contributed by atoms with Crippen molar-refractivity contribution in [1.29, 1.82) is 0 Å². The molecule has 2 heterocycles. The molecule has 4 nitrogen and oxygen atoms in total. The van der Waals surface area contributed by atoms with Crippen molar-refractivity contribution in [3.05, 3.63) is 23.9 Å². The second-order valence-electron chi connectivity index (χ2n) is 6.15. The van der Waals surface area contributed by atoms with Crippen LogP contribution >= 0.6 is 12.4 Å². The molecule has 2 rings (SSSR count). The Hall–Kier alpha value is -0.840. The van der Waals surface area contributed by atoms with Gasteiger partial charge in [-0.1, -0.05) is 6.07 Å². The summed E-state index contributed by atoms with van der Waals surface area (Å²) in [6, 6.07) is 4.36. The number of piperidine rings is 1. The second kappa shape index (κ2) is 10.0. The van der Waals surface area contributed by atoms with Gasteiger partial charge in [-0.05, 0) is 70.4 Å². The van der Waals surface area contributed by atoms with Crippen LogP contribution in [0, 0.1) is 5.92 Å². The molecule has 0 amide bonds. The Morgan fingerprint density at radius 3 is 2.59 bits per heavy atom. The zero-order chi connectivity index (χ0) is 15.1. The molecule has 0 aliphatic carbocycles. The molecule has 0 saturated carbocycles. The van der Waals surface area contributed by atoms with Crippen molar-refractivity contribution in [3.63, 3.8) is 0 Å². The van der Waals surface area contributed by atoms with Gasteiger partial charge in [-0.25, -0.2) is 4.98 Å². The minimum absolute atomic E-state index is 0. The van der Waals surface area contributed by atoms with Crippen LogP contribution in [0.15, 0.2) is 18.3 Å². The number of rotatable bonds is 7. The Labute approximate surface area is 141 Å². The molecule has 1 aliphatic rings. The van der Waals surface area contributed by atoms with Crippen molar-refractivity contribution < 1.29 is 0 Å². The highest BCUT2D eigenvalue weighted by Gasteiger charge is 2.18. The minimum atomic E-state index is 0. The number of likely N-dealkylation sites (tertiary alicyclic amines) is 1. The largest absolute Gasteiger partial charge is 0.360 e. The van der Waals surface area contributed by atoms with Gasteiger partial charge in [0.15, 0.2) is 0 Å². The summed E-state index contributed by atoms with van der Waals surface area (Å²) in [4.78, 5) is 9.29. The van der Waals surface area contributed by atoms with Crippen LogP contribution in [-0.4, -0.2) is 50.2 Å². The van der Waals surface area contributed by atoms with Crippen molar-refractivity contribution in [2.24, 2.45) is 5.92 Å². The highest BCUT2D eigenvalue weighted by molar-refractivity contribution is 5.85. The van der Waals surface area contributed by atoms with Gasteiger partial charge in [-0.2, -0.15) is 0 Å². The molecule has 1 saturated heterocycles. The summed E-state index contributed by atoms with van der Waals surface area (Å²) < 4.78 is 0. The summed E-state index contributed by atoms with van der Waals surface area (Å²) in [6.45, 7) is 7.79. The quantitative estimate of drug-likeness (QED) is 0.835. The first-order chi connectivity index (χ1) is 10.2. The number of pyridine rings is 1. The van der Waals surface area contributed by atoms with Crippen LogP contribution in [0.4, 0.5) is 5.82 Å². The van der Waals surface area contributed by atoms with Gasteiger partial charge in [0, 0.05) is 26.3 Å². The van der Waals surface area contributed by atoms with Crippen molar-refractivity contribution in [2.75, 3.05) is 45.2 Å². The molecule has 0 unspecified atom stereocenters. The molecule has 0 aromatic carbocycles. The lowest BCUT2D eigenvalue weighted by atomic mass is 9.93. The number of anilines is 1. The second-order valence-corrected chi connectivity index (χ2v) is 6.15. The topological polar surface area (TPSA) is 31.4 Å². The van der Waals surface area contributed by atoms with Gasteiger partial charge in [-0.15, -0.1) is 12.4 Å². The van der Waals surface area contributed by atoms with Gasteiger partial charge >= 0.3 is 0 Å². The molecule has 0 radical (unpaired) electrons. The third kappa shape index (κ3) is 5.75. The van der Waals surface area contributed by atoms with E-state index in [0.717, 1.165) is 31.4 Å². The van der Waals surface area contributed by atoms with Gasteiger partial charge in [0.1, 0.15) is 5.82 Å². The maximum Gasteiger partial charge on any atom is 0.128 e. The Morgan fingerprint density at radius 2 is 2.05 bits per heavy atom. The van der Waals surface area contributed by atoms with Crippen LogP contribution in [0.5, 0.6) is 0 Å². The van der Waals surface area contributed by atoms with Crippen LogP contribution in [0.1, 0.15) is 31.7 Å². The van der Waals surface area contributed by atoms with Crippen LogP contribution in [0.25, 0.3) is 0 Å². The summed E-state index contributed by atoms with van der Waals surface area (Å²) in [5.41, 5.74) is 1.33. The normalized spacial score (nSPS) is 16.3. The summed E-state index contributed by atoms with van der Waals surface area (Å²) in [5, 5.41) is 3.26. The number of halogens is 1. The van der Waals surface area contributed by atoms with E-state index in [1.54, 1.807) is 0 Å². The molecule has 0 spiro atoms. The number of aromatic nitrogens is 1. The number of hydrogen-bond acceptors (Lipinski definition) is 4. The molecule has 0 bridgehead atoms. The summed E-state index contributed by atoms with van der Waals surface area (Å²) in [5.74, 6) is 1.97. The summed E-state index contributed by atoms with van der Waals surface area (Å²) in [6.07, 6.45) is 6.04. The average molecular weight is 327 g/mol. The van der Waals surface area contributed by atoms with Gasteiger partial charge < -0.3 is 10.2 Å². The smallest absolute Gasteiger partial charge is 0.128 e. The van der Waals surface area contributed by atoms with E-state index in [0.29, 0.717) is 0 Å². The van der Waals surface area contributed by atoms with E-state index in [1.807, 2.05) is 13.2 Å². The molecular weight excluding hydrogens is 296 g/mol. The van der Waals surface area contributed by atoms with Crippen LogP contribution in [-0.2, 0) is 6.54 Å². The van der Waals surface area contributed by atoms with E-state index in [9.17, 15) is 0 Å². The van der Waals surface area contributed by atoms with Gasteiger partial charge in [0.05, 0.1) is 0 Å². The number of hydrogen-bond donors (Lipinski definition) is 1. The van der Waals surface area contributed by atoms with E-state index in [4.69, 9.17) is 0 Å². The van der Waals surface area contributed by atoms with Crippen molar-refractivity contribution in [3.8, 4) is 0 Å². The molecule has 1 N–H and O–H groups in total. The molecule has 1 aromatic heterocycles. The van der Waals surface area contributed by atoms with Crippen molar-refractivity contribution in [2.45, 2.75) is 32.7 Å². The van der Waals surface area contributed by atoms with Crippen LogP contribution in [0.3, 0.4) is 0 Å². The van der Waals surface area contributed by atoms with Crippen LogP contribution < -0.4 is 10.2 Å². The fraction of sp³-hybridized carbons (Fsp3) is 0.706. The monoisotopic (exact) mass is 326 g/mol. The van der Waals surface area contributed by atoms with E-state index in [-0.39, 0.29) is 12.4 Å². The highest BCUT2D eigenvalue weighted by Crippen LogP contribution is 2.21. The Kier molecular flexibility index (Phi) is 8.76. The van der Waals surface area contributed by atoms with Gasteiger partial charge in [0.25, 0.3) is 0 Å². The maximum atomic E-state index is 4.56. The first-order valence-electron chi connectivity index (χ1n) is 8.26. The van der Waals surface area contributed by atoms with E-state index in [1.165, 1.54) is 37.9 Å². The van der Waals surface area contributed by atoms with Crippen LogP contribution in [0.2, 0.25) is 0 Å². The molecule has 1 fully saturated rings. The van der Waals surface area contributed by atoms with Crippen molar-refractivity contribution in [1.82, 2.24) is 15.2 Å². The predicted octanol–water partition coefficient (Wildman–Crippen LogP) is 2.78. The summed E-state index contributed by atoms with van der Waals surface area (Å²) >= 11 is 0. The lowest BCUT2D eigenvalue weighted by molar-refractivity contribution is 0.172. The van der Waals surface area contributed by atoms with Crippen molar-refractivity contribution >= 4 is 18.2 Å². The third-order valence-electron chi connectivity index (χ3n) is 4.59. The zero-order valence-electron chi connectivity index (χ0n) is 14.2. The van der Waals surface area contributed by atoms with Gasteiger partial charge in [0.2, 0.25) is 0 Å². The molecule has 0 atom stereocenters. The number of nitrogens with one attached hydrogen (secondary N) is 1. The molecule has 126 valence electrons. The summed E-state index contributed by atoms with van der Waals surface area (Å²) in [7, 11) is 4.12. The van der Waals surface area contributed by atoms with E-state index < -0.39 is 0 Å². The standard InChI is InChI=1S/C17H30N4.ClH/c1-4-20(3)17-6-5-16(13-19-17)14-21-11-8-15(9-12-21)7-10-18-2;/h5-6,13,15,18H,4,7-12,14H2,1-3H3;1H. The van der Waals surface area contributed by atoms with Gasteiger partial charge in [-0.3, -0.25) is 4.90 Å². The highest BCUT2D eigenvalue weighted by atomic mass is 35.5. The molecule has 1 aromatic rings. The molecule has 22 heavy (non-hydrogen) atoms. The SMILES string of the molecule is CCN(C)c1ccc(CN2CCC(CCNC)CC2)cn1.Cl.